The van der Waals surface area contributed by atoms with Gasteiger partial charge in [0, 0.05) is 67.9 Å². The molecule has 1 atom stereocenters. The van der Waals surface area contributed by atoms with Gasteiger partial charge in [0.25, 0.3) is 17.7 Å². The maximum Gasteiger partial charge on any atom is 0.262 e. The van der Waals surface area contributed by atoms with Gasteiger partial charge in [-0.2, -0.15) is 5.26 Å². The summed E-state index contributed by atoms with van der Waals surface area (Å²) >= 11 is 6.24. The first-order valence-electron chi connectivity index (χ1n) is 18.7. The molecule has 2 N–H and O–H groups in total. The van der Waals surface area contributed by atoms with Gasteiger partial charge in [-0.15, -0.1) is 0 Å². The van der Waals surface area contributed by atoms with Crippen molar-refractivity contribution in [3.05, 3.63) is 93.0 Å². The number of nitrogens with zero attached hydrogens (tertiary/aromatic N) is 4. The summed E-state index contributed by atoms with van der Waals surface area (Å²) in [5.41, 5.74) is 4.19. The predicted molar refractivity (Wildman–Crippen MR) is 197 cm³/mol. The Bertz CT molecular complexity index is 2120. The first-order valence-corrected chi connectivity index (χ1v) is 19.1. The van der Waals surface area contributed by atoms with Crippen molar-refractivity contribution in [2.75, 3.05) is 18.0 Å². The first-order chi connectivity index (χ1) is 26.0. The highest BCUT2D eigenvalue weighted by atomic mass is 35.5. The Morgan fingerprint density at radius 3 is 2.17 bits per heavy atom. The fraction of sp³-hybridized carbons (Fsp3) is 0.415. The molecule has 5 amide bonds. The summed E-state index contributed by atoms with van der Waals surface area (Å²) in [6.07, 6.45) is 6.26. The highest BCUT2D eigenvalue weighted by Gasteiger charge is 2.57. The van der Waals surface area contributed by atoms with Crippen LogP contribution in [-0.4, -0.2) is 75.6 Å². The van der Waals surface area contributed by atoms with Gasteiger partial charge in [0.15, 0.2) is 0 Å². The number of amides is 5. The van der Waals surface area contributed by atoms with Crippen molar-refractivity contribution in [2.45, 2.75) is 94.1 Å². The Labute approximate surface area is 317 Å². The summed E-state index contributed by atoms with van der Waals surface area (Å²) in [7, 11) is 0. The van der Waals surface area contributed by atoms with E-state index < -0.39 is 29.7 Å². The fourth-order valence-electron chi connectivity index (χ4n) is 9.64. The second kappa shape index (κ2) is 13.0. The van der Waals surface area contributed by atoms with E-state index in [1.807, 2.05) is 36.4 Å². The molecule has 276 valence electrons. The lowest BCUT2D eigenvalue weighted by Crippen LogP contribution is -2.54. The van der Waals surface area contributed by atoms with Crippen molar-refractivity contribution >= 4 is 46.8 Å². The molecule has 0 aromatic heterocycles. The van der Waals surface area contributed by atoms with E-state index in [0.717, 1.165) is 79.7 Å². The normalized spacial score (nSPS) is 26.5. The van der Waals surface area contributed by atoms with Crippen LogP contribution in [-0.2, 0) is 22.7 Å². The second-order valence-corrected chi connectivity index (χ2v) is 16.1. The van der Waals surface area contributed by atoms with Crippen LogP contribution in [0.1, 0.15) is 106 Å². The summed E-state index contributed by atoms with van der Waals surface area (Å²) in [6.45, 7) is 3.12. The lowest BCUT2D eigenvalue weighted by atomic mass is 9.92. The third-order valence-electron chi connectivity index (χ3n) is 12.5. The van der Waals surface area contributed by atoms with Gasteiger partial charge in [-0.1, -0.05) is 11.6 Å². The molecule has 9 rings (SSSR count). The number of imide groups is 2. The molecule has 0 spiro atoms. The van der Waals surface area contributed by atoms with Gasteiger partial charge in [-0.25, -0.2) is 0 Å². The van der Waals surface area contributed by atoms with E-state index in [1.165, 1.54) is 0 Å². The van der Waals surface area contributed by atoms with E-state index in [4.69, 9.17) is 16.3 Å². The Kier molecular flexibility index (Phi) is 8.28. The van der Waals surface area contributed by atoms with Crippen LogP contribution >= 0.6 is 11.6 Å². The first kappa shape index (κ1) is 34.5. The molecule has 13 heteroatoms. The molecule has 3 aromatic carbocycles. The standard InChI is InChI=1S/C41H39ClN6O6/c42-33-19-30(6-3-25(33)20-43)54-41-13-11-40(23-41,12-14-41)45-36(50)24-1-4-28(5-2-24)46-15-9-29(10-16-46)47-21-26-17-31-32(18-27(26)22-47)39(53)48(38(31)52)34-7-8-35(49)44-37(34)51/h1-6,17-19,29,34H,7-16,21-23H2,(H,45,50)(H,44,49,51). The molecule has 12 nitrogen and oxygen atoms in total. The molecule has 6 aliphatic rings. The number of hydrogen-bond acceptors (Lipinski definition) is 9. The van der Waals surface area contributed by atoms with E-state index in [2.05, 4.69) is 26.5 Å². The quantitative estimate of drug-likeness (QED) is 0.323. The SMILES string of the molecule is N#Cc1ccc(OC23CCC(NC(=O)c4ccc(N5CCC(N6Cc7cc8c(cc7C6)C(=O)N(C6CCC(=O)NC6=O)C8=O)CC5)cc4)(CC2)C3)cc1Cl. The minimum atomic E-state index is -0.968. The topological polar surface area (TPSA) is 152 Å². The van der Waals surface area contributed by atoms with Gasteiger partial charge in [0.1, 0.15) is 23.5 Å². The van der Waals surface area contributed by atoms with Crippen LogP contribution in [0.5, 0.6) is 5.75 Å². The van der Waals surface area contributed by atoms with Gasteiger partial charge < -0.3 is 15.0 Å². The number of rotatable bonds is 7. The van der Waals surface area contributed by atoms with E-state index in [1.54, 1.807) is 18.2 Å². The molecule has 0 radical (unpaired) electrons. The van der Waals surface area contributed by atoms with Crippen molar-refractivity contribution in [3.63, 3.8) is 0 Å². The number of anilines is 1. The van der Waals surface area contributed by atoms with Crippen LogP contribution in [0, 0.1) is 11.3 Å². The van der Waals surface area contributed by atoms with Gasteiger partial charge >= 0.3 is 0 Å². The highest BCUT2D eigenvalue weighted by molar-refractivity contribution is 6.31. The van der Waals surface area contributed by atoms with Gasteiger partial charge in [-0.05, 0) is 105 Å². The van der Waals surface area contributed by atoms with E-state index in [9.17, 15) is 29.2 Å². The zero-order valence-electron chi connectivity index (χ0n) is 29.7. The Morgan fingerprint density at radius 2 is 1.56 bits per heavy atom. The number of benzene rings is 3. The van der Waals surface area contributed by atoms with E-state index in [0.29, 0.717) is 52.2 Å². The van der Waals surface area contributed by atoms with E-state index >= 15 is 0 Å². The molecule has 1 unspecified atom stereocenters. The van der Waals surface area contributed by atoms with Crippen LogP contribution in [0.2, 0.25) is 5.02 Å². The number of carbonyl (C=O) groups is 5. The van der Waals surface area contributed by atoms with Crippen LogP contribution in [0.4, 0.5) is 5.69 Å². The molecule has 2 aliphatic carbocycles. The predicted octanol–water partition coefficient (Wildman–Crippen LogP) is 4.86. The Hall–Kier alpha value is -5.25. The van der Waals surface area contributed by atoms with Crippen molar-refractivity contribution in [1.29, 1.82) is 5.26 Å². The number of fused-ring (bicyclic) bond motifs is 4. The molecule has 2 saturated heterocycles. The molecule has 54 heavy (non-hydrogen) atoms. The van der Waals surface area contributed by atoms with Crippen LogP contribution in [0.15, 0.2) is 54.6 Å². The number of nitrogens with one attached hydrogen (secondary N) is 2. The molecule has 3 aromatic rings. The molecule has 2 saturated carbocycles. The van der Waals surface area contributed by atoms with Crippen LogP contribution < -0.4 is 20.3 Å². The second-order valence-electron chi connectivity index (χ2n) is 15.7. The lowest BCUT2D eigenvalue weighted by molar-refractivity contribution is -0.136. The average Bonchev–Trinajstić information content (AvgIpc) is 3.91. The number of ether oxygens (including phenoxy) is 1. The van der Waals surface area contributed by atoms with Crippen molar-refractivity contribution in [3.8, 4) is 11.8 Å². The van der Waals surface area contributed by atoms with Gasteiger partial charge in [-0.3, -0.25) is 39.1 Å². The highest BCUT2D eigenvalue weighted by Crippen LogP contribution is 2.53. The van der Waals surface area contributed by atoms with Crippen molar-refractivity contribution < 1.29 is 28.7 Å². The molecule has 4 heterocycles. The van der Waals surface area contributed by atoms with Gasteiger partial charge in [0.05, 0.1) is 21.7 Å². The molecule has 4 fully saturated rings. The van der Waals surface area contributed by atoms with Gasteiger partial charge in [0.2, 0.25) is 11.8 Å². The monoisotopic (exact) mass is 746 g/mol. The number of carbonyl (C=O) groups excluding carboxylic acids is 5. The third-order valence-corrected chi connectivity index (χ3v) is 12.8. The summed E-state index contributed by atoms with van der Waals surface area (Å²) < 4.78 is 6.44. The van der Waals surface area contributed by atoms with Crippen molar-refractivity contribution in [2.24, 2.45) is 0 Å². The smallest absolute Gasteiger partial charge is 0.262 e. The zero-order valence-corrected chi connectivity index (χ0v) is 30.4. The van der Waals surface area contributed by atoms with E-state index in [-0.39, 0.29) is 29.9 Å². The summed E-state index contributed by atoms with van der Waals surface area (Å²) in [5, 5.41) is 15.2. The third kappa shape index (κ3) is 5.90. The number of hydrogen-bond donors (Lipinski definition) is 2. The maximum atomic E-state index is 13.5. The number of piperidine rings is 2. The Balaban J connectivity index is 0.778. The Morgan fingerprint density at radius 1 is 0.889 bits per heavy atom. The van der Waals surface area contributed by atoms with Crippen molar-refractivity contribution in [1.82, 2.24) is 20.4 Å². The zero-order chi connectivity index (χ0) is 37.4. The fourth-order valence-corrected chi connectivity index (χ4v) is 9.85. The molecular formula is C41H39ClN6O6. The summed E-state index contributed by atoms with van der Waals surface area (Å²) in [5.74, 6) is -1.37. The molecule has 4 aliphatic heterocycles. The summed E-state index contributed by atoms with van der Waals surface area (Å²) in [4.78, 5) is 70.0. The number of nitriles is 1. The van der Waals surface area contributed by atoms with Crippen LogP contribution in [0.25, 0.3) is 0 Å². The minimum absolute atomic E-state index is 0.0777. The molecular weight excluding hydrogens is 708 g/mol. The van der Waals surface area contributed by atoms with Crippen LogP contribution in [0.3, 0.4) is 0 Å². The lowest BCUT2D eigenvalue weighted by Gasteiger charge is -2.37. The summed E-state index contributed by atoms with van der Waals surface area (Å²) in [6, 6.07) is 18.1. The average molecular weight is 747 g/mol. The largest absolute Gasteiger partial charge is 0.487 e. The number of halogens is 1. The minimum Gasteiger partial charge on any atom is -0.487 e. The molecule has 2 bridgehead atoms. The maximum absolute atomic E-state index is 13.5.